The fourth-order valence-electron chi connectivity index (χ4n) is 2.04. The third-order valence-corrected chi connectivity index (χ3v) is 5.65. The summed E-state index contributed by atoms with van der Waals surface area (Å²) >= 11 is 3.29. The van der Waals surface area contributed by atoms with Crippen molar-refractivity contribution in [3.63, 3.8) is 0 Å². The van der Waals surface area contributed by atoms with Gasteiger partial charge >= 0.3 is 0 Å². The lowest BCUT2D eigenvalue weighted by atomic mass is 10.3. The Morgan fingerprint density at radius 3 is 2.63 bits per heavy atom. The highest BCUT2D eigenvalue weighted by Gasteiger charge is 2.32. The van der Waals surface area contributed by atoms with Gasteiger partial charge in [-0.25, -0.2) is 8.42 Å². The van der Waals surface area contributed by atoms with Gasteiger partial charge in [-0.2, -0.15) is 4.31 Å². The smallest absolute Gasteiger partial charge is 0.245 e. The molecular weight excluding hydrogens is 328 g/mol. The van der Waals surface area contributed by atoms with Gasteiger partial charge in [0.15, 0.2) is 0 Å². The Labute approximate surface area is 123 Å². The summed E-state index contributed by atoms with van der Waals surface area (Å²) in [6.45, 7) is 3.15. The van der Waals surface area contributed by atoms with Gasteiger partial charge in [0.1, 0.15) is 4.90 Å². The summed E-state index contributed by atoms with van der Waals surface area (Å²) in [7, 11) is -3.48. The van der Waals surface area contributed by atoms with E-state index >= 15 is 0 Å². The molecule has 106 valence electrons. The second-order valence-corrected chi connectivity index (χ2v) is 7.81. The Hall–Kier alpha value is -0.590. The van der Waals surface area contributed by atoms with Crippen LogP contribution in [0.2, 0.25) is 0 Å². The topological polar surface area (TPSA) is 63.4 Å². The van der Waals surface area contributed by atoms with Gasteiger partial charge in [0.2, 0.25) is 10.0 Å². The monoisotopic (exact) mass is 346 g/mol. The molecule has 1 aromatic carbocycles. The summed E-state index contributed by atoms with van der Waals surface area (Å²) in [6.07, 6.45) is 3.07. The average Bonchev–Trinajstić information content (AvgIpc) is 3.11. The highest BCUT2D eigenvalue weighted by Crippen LogP contribution is 2.33. The lowest BCUT2D eigenvalue weighted by Gasteiger charge is -2.22. The van der Waals surface area contributed by atoms with E-state index in [-0.39, 0.29) is 4.90 Å². The van der Waals surface area contributed by atoms with Crippen LogP contribution in [0.4, 0.5) is 5.69 Å². The number of rotatable bonds is 6. The first-order valence-electron chi connectivity index (χ1n) is 6.50. The molecule has 0 bridgehead atoms. The van der Waals surface area contributed by atoms with E-state index in [4.69, 9.17) is 5.73 Å². The highest BCUT2D eigenvalue weighted by molar-refractivity contribution is 9.10. The largest absolute Gasteiger partial charge is 0.398 e. The van der Waals surface area contributed by atoms with Crippen LogP contribution in [0.15, 0.2) is 27.6 Å². The van der Waals surface area contributed by atoms with Crippen LogP contribution >= 0.6 is 15.9 Å². The van der Waals surface area contributed by atoms with Crippen molar-refractivity contribution in [2.75, 3.05) is 18.8 Å². The fraction of sp³-hybridized carbons (Fsp3) is 0.538. The molecule has 1 aliphatic carbocycles. The second kappa shape index (κ2) is 5.81. The maximum absolute atomic E-state index is 12.6. The summed E-state index contributed by atoms with van der Waals surface area (Å²) < 4.78 is 27.7. The second-order valence-electron chi connectivity index (χ2n) is 4.99. The van der Waals surface area contributed by atoms with Crippen LogP contribution in [0.5, 0.6) is 0 Å². The number of halogens is 1. The van der Waals surface area contributed by atoms with Crippen LogP contribution in [0.3, 0.4) is 0 Å². The van der Waals surface area contributed by atoms with E-state index in [2.05, 4.69) is 15.9 Å². The number of anilines is 1. The molecule has 0 aromatic heterocycles. The van der Waals surface area contributed by atoms with E-state index in [0.29, 0.717) is 24.7 Å². The molecular formula is C13H19BrN2O2S. The van der Waals surface area contributed by atoms with Gasteiger partial charge in [0.25, 0.3) is 0 Å². The first-order valence-corrected chi connectivity index (χ1v) is 8.73. The third kappa shape index (κ3) is 3.49. The number of nitrogen functional groups attached to an aromatic ring is 1. The maximum atomic E-state index is 12.6. The Morgan fingerprint density at radius 1 is 1.42 bits per heavy atom. The molecule has 1 aromatic rings. The quantitative estimate of drug-likeness (QED) is 0.805. The SMILES string of the molecule is CCCN(CC1CC1)S(=O)(=O)c1ccc(Br)cc1N. The van der Waals surface area contributed by atoms with Crippen molar-refractivity contribution in [1.82, 2.24) is 4.31 Å². The van der Waals surface area contributed by atoms with Gasteiger partial charge in [-0.05, 0) is 43.4 Å². The standard InChI is InChI=1S/C13H19BrN2O2S/c1-2-7-16(9-10-3-4-10)19(17,18)13-6-5-11(14)8-12(13)15/h5-6,8,10H,2-4,7,9,15H2,1H3. The molecule has 1 saturated carbocycles. The number of hydrogen-bond acceptors (Lipinski definition) is 3. The number of nitrogens with two attached hydrogens (primary N) is 1. The Morgan fingerprint density at radius 2 is 2.11 bits per heavy atom. The number of benzene rings is 1. The van der Waals surface area contributed by atoms with Crippen LogP contribution in [0.25, 0.3) is 0 Å². The molecule has 0 unspecified atom stereocenters. The van der Waals surface area contributed by atoms with Crippen LogP contribution in [0, 0.1) is 5.92 Å². The van der Waals surface area contributed by atoms with Crippen LogP contribution < -0.4 is 5.73 Å². The Balaban J connectivity index is 2.31. The molecule has 0 atom stereocenters. The molecule has 0 amide bonds. The molecule has 0 radical (unpaired) electrons. The predicted molar refractivity (Wildman–Crippen MR) is 80.3 cm³/mol. The summed E-state index contributed by atoms with van der Waals surface area (Å²) in [5, 5.41) is 0. The van der Waals surface area contributed by atoms with Crippen LogP contribution in [0.1, 0.15) is 26.2 Å². The predicted octanol–water partition coefficient (Wildman–Crippen LogP) is 2.84. The zero-order valence-electron chi connectivity index (χ0n) is 11.0. The van der Waals surface area contributed by atoms with E-state index in [1.807, 2.05) is 6.92 Å². The Bertz CT molecular complexity index is 556. The van der Waals surface area contributed by atoms with E-state index in [1.165, 1.54) is 0 Å². The maximum Gasteiger partial charge on any atom is 0.245 e. The number of hydrogen-bond donors (Lipinski definition) is 1. The van der Waals surface area contributed by atoms with Gasteiger partial charge in [0.05, 0.1) is 5.69 Å². The molecule has 4 nitrogen and oxygen atoms in total. The van der Waals surface area contributed by atoms with Gasteiger partial charge in [-0.1, -0.05) is 22.9 Å². The molecule has 2 N–H and O–H groups in total. The average molecular weight is 347 g/mol. The minimum Gasteiger partial charge on any atom is -0.398 e. The summed E-state index contributed by atoms with van der Waals surface area (Å²) in [6, 6.07) is 4.92. The van der Waals surface area contributed by atoms with Crippen molar-refractivity contribution < 1.29 is 8.42 Å². The molecule has 19 heavy (non-hydrogen) atoms. The molecule has 6 heteroatoms. The summed E-state index contributed by atoms with van der Waals surface area (Å²) in [4.78, 5) is 0.213. The van der Waals surface area contributed by atoms with Crippen molar-refractivity contribution in [2.24, 2.45) is 5.92 Å². The minimum absolute atomic E-state index is 0.213. The zero-order chi connectivity index (χ0) is 14.0. The molecule has 0 heterocycles. The van der Waals surface area contributed by atoms with Crippen molar-refractivity contribution in [3.8, 4) is 0 Å². The number of nitrogens with zero attached hydrogens (tertiary/aromatic N) is 1. The van der Waals surface area contributed by atoms with Gasteiger partial charge in [-0.3, -0.25) is 0 Å². The normalized spacial score (nSPS) is 15.9. The number of sulfonamides is 1. The van der Waals surface area contributed by atoms with Crippen LogP contribution in [-0.2, 0) is 10.0 Å². The first kappa shape index (κ1) is 14.8. The van der Waals surface area contributed by atoms with Crippen LogP contribution in [-0.4, -0.2) is 25.8 Å². The minimum atomic E-state index is -3.48. The molecule has 0 spiro atoms. The first-order chi connectivity index (χ1) is 8.95. The van der Waals surface area contributed by atoms with Crippen molar-refractivity contribution in [1.29, 1.82) is 0 Å². The molecule has 2 rings (SSSR count). The van der Waals surface area contributed by atoms with E-state index in [0.717, 1.165) is 23.7 Å². The van der Waals surface area contributed by atoms with Gasteiger partial charge in [-0.15, -0.1) is 0 Å². The zero-order valence-corrected chi connectivity index (χ0v) is 13.4. The molecule has 0 aliphatic heterocycles. The van der Waals surface area contributed by atoms with E-state index < -0.39 is 10.0 Å². The molecule has 0 saturated heterocycles. The lowest BCUT2D eigenvalue weighted by Crippen LogP contribution is -2.34. The van der Waals surface area contributed by atoms with Gasteiger partial charge < -0.3 is 5.73 Å². The van der Waals surface area contributed by atoms with E-state index in [1.54, 1.807) is 22.5 Å². The molecule has 1 fully saturated rings. The van der Waals surface area contributed by atoms with Crippen molar-refractivity contribution in [2.45, 2.75) is 31.1 Å². The van der Waals surface area contributed by atoms with E-state index in [9.17, 15) is 8.42 Å². The van der Waals surface area contributed by atoms with Crippen molar-refractivity contribution >= 4 is 31.6 Å². The summed E-state index contributed by atoms with van der Waals surface area (Å²) in [5.41, 5.74) is 6.15. The van der Waals surface area contributed by atoms with Gasteiger partial charge in [0, 0.05) is 17.6 Å². The Kier molecular flexibility index (Phi) is 4.53. The third-order valence-electron chi connectivity index (χ3n) is 3.22. The lowest BCUT2D eigenvalue weighted by molar-refractivity contribution is 0.396. The summed E-state index contributed by atoms with van der Waals surface area (Å²) in [5.74, 6) is 0.526. The fourth-order valence-corrected chi connectivity index (χ4v) is 4.12. The molecule has 1 aliphatic rings. The highest BCUT2D eigenvalue weighted by atomic mass is 79.9. The van der Waals surface area contributed by atoms with Crippen molar-refractivity contribution in [3.05, 3.63) is 22.7 Å².